The zero-order valence-electron chi connectivity index (χ0n) is 10.8. The smallest absolute Gasteiger partial charge is 0.129 e. The Labute approximate surface area is 107 Å². The molecule has 2 unspecified atom stereocenters. The maximum atomic E-state index is 13.7. The van der Waals surface area contributed by atoms with Crippen LogP contribution in [0.15, 0.2) is 18.2 Å². The van der Waals surface area contributed by atoms with Crippen LogP contribution < -0.4 is 10.6 Å². The molecular weight excluding hydrogens is 231 g/mol. The Balaban J connectivity index is 2.17. The van der Waals surface area contributed by atoms with Crippen molar-refractivity contribution in [1.29, 1.82) is 0 Å². The highest BCUT2D eigenvalue weighted by Gasteiger charge is 2.26. The molecule has 3 N–H and O–H groups in total. The molecule has 1 aromatic rings. The van der Waals surface area contributed by atoms with Gasteiger partial charge in [-0.25, -0.2) is 4.39 Å². The van der Waals surface area contributed by atoms with E-state index in [4.69, 9.17) is 5.73 Å². The van der Waals surface area contributed by atoms with E-state index in [2.05, 4.69) is 4.90 Å². The third-order valence-corrected chi connectivity index (χ3v) is 3.58. The molecule has 2 rings (SSSR count). The third-order valence-electron chi connectivity index (χ3n) is 3.58. The Morgan fingerprint density at radius 2 is 2.33 bits per heavy atom. The number of benzene rings is 1. The normalized spacial score (nSPS) is 21.3. The zero-order chi connectivity index (χ0) is 13.1. The molecule has 0 aliphatic carbocycles. The van der Waals surface area contributed by atoms with Crippen LogP contribution in [0.2, 0.25) is 0 Å². The number of hydrogen-bond donors (Lipinski definition) is 2. The van der Waals surface area contributed by atoms with Gasteiger partial charge in [0.05, 0.1) is 6.10 Å². The van der Waals surface area contributed by atoms with Crippen molar-refractivity contribution in [2.45, 2.75) is 44.9 Å². The molecule has 4 heteroatoms. The van der Waals surface area contributed by atoms with Crippen molar-refractivity contribution in [1.82, 2.24) is 0 Å². The molecule has 2 atom stereocenters. The van der Waals surface area contributed by atoms with Gasteiger partial charge in [-0.2, -0.15) is 0 Å². The average Bonchev–Trinajstić information content (AvgIpc) is 2.76. The van der Waals surface area contributed by atoms with Gasteiger partial charge in [-0.15, -0.1) is 0 Å². The van der Waals surface area contributed by atoms with E-state index in [1.165, 1.54) is 0 Å². The van der Waals surface area contributed by atoms with Crippen LogP contribution >= 0.6 is 0 Å². The number of anilines is 1. The third kappa shape index (κ3) is 2.82. The van der Waals surface area contributed by atoms with Crippen molar-refractivity contribution < 1.29 is 9.50 Å². The first-order chi connectivity index (χ1) is 8.61. The Morgan fingerprint density at radius 3 is 2.94 bits per heavy atom. The van der Waals surface area contributed by atoms with E-state index in [0.29, 0.717) is 11.6 Å². The van der Waals surface area contributed by atoms with Gasteiger partial charge in [0.2, 0.25) is 0 Å². The van der Waals surface area contributed by atoms with E-state index in [1.54, 1.807) is 19.1 Å². The van der Waals surface area contributed by atoms with Gasteiger partial charge in [-0.3, -0.25) is 0 Å². The van der Waals surface area contributed by atoms with Gasteiger partial charge in [0, 0.05) is 30.4 Å². The molecule has 0 radical (unpaired) electrons. The number of halogens is 1. The lowest BCUT2D eigenvalue weighted by atomic mass is 10.1. The van der Waals surface area contributed by atoms with E-state index in [1.807, 2.05) is 6.07 Å². The predicted octanol–water partition coefficient (Wildman–Crippen LogP) is 2.02. The zero-order valence-corrected chi connectivity index (χ0v) is 10.8. The Bertz CT molecular complexity index is 409. The highest BCUT2D eigenvalue weighted by atomic mass is 19.1. The van der Waals surface area contributed by atoms with Crippen molar-refractivity contribution in [3.05, 3.63) is 29.6 Å². The summed E-state index contributed by atoms with van der Waals surface area (Å²) in [6, 6.07) is 5.55. The van der Waals surface area contributed by atoms with E-state index < -0.39 is 0 Å². The molecule has 100 valence electrons. The molecule has 1 aliphatic rings. The largest absolute Gasteiger partial charge is 0.393 e. The SMILES string of the molecule is CC(O)CC1CCCN1c1ccc(CN)c(F)c1. The first-order valence-corrected chi connectivity index (χ1v) is 6.55. The van der Waals surface area contributed by atoms with Gasteiger partial charge in [0.1, 0.15) is 5.82 Å². The first kappa shape index (κ1) is 13.3. The summed E-state index contributed by atoms with van der Waals surface area (Å²) in [5.41, 5.74) is 6.90. The molecule has 0 aromatic heterocycles. The summed E-state index contributed by atoms with van der Waals surface area (Å²) in [4.78, 5) is 2.19. The van der Waals surface area contributed by atoms with Crippen molar-refractivity contribution in [2.24, 2.45) is 5.73 Å². The molecule has 1 heterocycles. The highest BCUT2D eigenvalue weighted by Crippen LogP contribution is 2.29. The summed E-state index contributed by atoms with van der Waals surface area (Å²) in [5.74, 6) is -0.238. The summed E-state index contributed by atoms with van der Waals surface area (Å²) in [6.45, 7) is 2.95. The molecule has 0 amide bonds. The molecule has 1 saturated heterocycles. The van der Waals surface area contributed by atoms with E-state index >= 15 is 0 Å². The molecule has 1 aliphatic heterocycles. The Kier molecular flexibility index (Phi) is 4.19. The average molecular weight is 252 g/mol. The number of aliphatic hydroxyl groups excluding tert-OH is 1. The monoisotopic (exact) mass is 252 g/mol. The van der Waals surface area contributed by atoms with Crippen LogP contribution in [0.25, 0.3) is 0 Å². The van der Waals surface area contributed by atoms with Crippen LogP contribution in [0.4, 0.5) is 10.1 Å². The van der Waals surface area contributed by atoms with Crippen molar-refractivity contribution in [3.8, 4) is 0 Å². The maximum Gasteiger partial charge on any atom is 0.129 e. The number of rotatable bonds is 4. The molecular formula is C14H21FN2O. The molecule has 0 spiro atoms. The van der Waals surface area contributed by atoms with Crippen molar-refractivity contribution in [3.63, 3.8) is 0 Å². The van der Waals surface area contributed by atoms with E-state index in [0.717, 1.165) is 31.5 Å². The minimum Gasteiger partial charge on any atom is -0.393 e. The number of hydrogen-bond acceptors (Lipinski definition) is 3. The van der Waals surface area contributed by atoms with Gasteiger partial charge in [-0.1, -0.05) is 6.07 Å². The minimum absolute atomic E-state index is 0.225. The minimum atomic E-state index is -0.316. The summed E-state index contributed by atoms with van der Waals surface area (Å²) in [6.07, 6.45) is 2.58. The van der Waals surface area contributed by atoms with Crippen LogP contribution in [0, 0.1) is 5.82 Å². The molecule has 1 fully saturated rings. The van der Waals surface area contributed by atoms with Crippen molar-refractivity contribution in [2.75, 3.05) is 11.4 Å². The number of aliphatic hydroxyl groups is 1. The maximum absolute atomic E-state index is 13.7. The lowest BCUT2D eigenvalue weighted by molar-refractivity contribution is 0.175. The second kappa shape index (κ2) is 5.67. The van der Waals surface area contributed by atoms with Crippen LogP contribution in [0.1, 0.15) is 31.7 Å². The lowest BCUT2D eigenvalue weighted by Crippen LogP contribution is -2.31. The summed E-state index contributed by atoms with van der Waals surface area (Å²) < 4.78 is 13.7. The molecule has 1 aromatic carbocycles. The Hall–Kier alpha value is -1.13. The van der Waals surface area contributed by atoms with Gasteiger partial charge in [0.15, 0.2) is 0 Å². The second-order valence-electron chi connectivity index (χ2n) is 5.05. The van der Waals surface area contributed by atoms with Gasteiger partial charge in [-0.05, 0) is 38.3 Å². The Morgan fingerprint density at radius 1 is 1.56 bits per heavy atom. The molecule has 3 nitrogen and oxygen atoms in total. The topological polar surface area (TPSA) is 49.5 Å². The highest BCUT2D eigenvalue weighted by molar-refractivity contribution is 5.50. The lowest BCUT2D eigenvalue weighted by Gasteiger charge is -2.28. The predicted molar refractivity (Wildman–Crippen MR) is 71.0 cm³/mol. The first-order valence-electron chi connectivity index (χ1n) is 6.55. The van der Waals surface area contributed by atoms with E-state index in [9.17, 15) is 9.50 Å². The fourth-order valence-electron chi connectivity index (χ4n) is 2.69. The van der Waals surface area contributed by atoms with Gasteiger partial charge >= 0.3 is 0 Å². The van der Waals surface area contributed by atoms with Crippen LogP contribution in [0.3, 0.4) is 0 Å². The quantitative estimate of drug-likeness (QED) is 0.862. The van der Waals surface area contributed by atoms with Gasteiger partial charge in [0.25, 0.3) is 0 Å². The van der Waals surface area contributed by atoms with E-state index in [-0.39, 0.29) is 18.5 Å². The van der Waals surface area contributed by atoms with Crippen LogP contribution in [-0.4, -0.2) is 23.8 Å². The summed E-state index contributed by atoms with van der Waals surface area (Å²) >= 11 is 0. The van der Waals surface area contributed by atoms with Crippen molar-refractivity contribution >= 4 is 5.69 Å². The number of nitrogens with two attached hydrogens (primary N) is 1. The molecule has 0 bridgehead atoms. The fourth-order valence-corrected chi connectivity index (χ4v) is 2.69. The summed E-state index contributed by atoms with van der Waals surface area (Å²) in [7, 11) is 0. The summed E-state index contributed by atoms with van der Waals surface area (Å²) in [5, 5.41) is 9.50. The van der Waals surface area contributed by atoms with Gasteiger partial charge < -0.3 is 15.7 Å². The standard InChI is InChI=1S/C14H21FN2O/c1-10(18)7-12-3-2-6-17(12)13-5-4-11(9-16)14(15)8-13/h4-5,8,10,12,18H,2-3,6-7,9,16H2,1H3. The molecule has 0 saturated carbocycles. The fraction of sp³-hybridized carbons (Fsp3) is 0.571. The van der Waals surface area contributed by atoms with Crippen LogP contribution in [-0.2, 0) is 6.54 Å². The second-order valence-corrected chi connectivity index (χ2v) is 5.05. The number of nitrogens with zero attached hydrogens (tertiary/aromatic N) is 1. The molecule has 18 heavy (non-hydrogen) atoms. The van der Waals surface area contributed by atoms with Crippen LogP contribution in [0.5, 0.6) is 0 Å².